The highest BCUT2D eigenvalue weighted by molar-refractivity contribution is 5.67. The maximum atomic E-state index is 13.7. The minimum absolute atomic E-state index is 0.0909. The SMILES string of the molecule is O=C(O)CC1CCc2ccc(F)cc2C12CCCCC2. The fraction of sp³-hybridized carbons (Fsp3) is 0.588. The van der Waals surface area contributed by atoms with Crippen LogP contribution in [0, 0.1) is 11.7 Å². The van der Waals surface area contributed by atoms with Gasteiger partial charge in [-0.3, -0.25) is 4.79 Å². The number of aryl methyl sites for hydroxylation is 1. The summed E-state index contributed by atoms with van der Waals surface area (Å²) in [7, 11) is 0. The number of rotatable bonds is 2. The van der Waals surface area contributed by atoms with E-state index in [2.05, 4.69) is 0 Å². The van der Waals surface area contributed by atoms with Crippen LogP contribution in [0.1, 0.15) is 56.1 Å². The summed E-state index contributed by atoms with van der Waals surface area (Å²) in [5, 5.41) is 9.21. The minimum Gasteiger partial charge on any atom is -0.481 e. The van der Waals surface area contributed by atoms with Gasteiger partial charge in [0, 0.05) is 6.42 Å². The van der Waals surface area contributed by atoms with Gasteiger partial charge in [-0.15, -0.1) is 0 Å². The van der Waals surface area contributed by atoms with Crippen molar-refractivity contribution in [2.75, 3.05) is 0 Å². The molecule has 1 aromatic carbocycles. The van der Waals surface area contributed by atoms with Crippen molar-refractivity contribution in [3.8, 4) is 0 Å². The monoisotopic (exact) mass is 276 g/mol. The van der Waals surface area contributed by atoms with Gasteiger partial charge in [0.2, 0.25) is 0 Å². The van der Waals surface area contributed by atoms with Crippen LogP contribution in [0.5, 0.6) is 0 Å². The molecule has 108 valence electrons. The quantitative estimate of drug-likeness (QED) is 0.884. The molecular formula is C17H21FO2. The Bertz CT molecular complexity index is 518. The van der Waals surface area contributed by atoms with Crippen LogP contribution in [0.2, 0.25) is 0 Å². The fourth-order valence-corrected chi connectivity index (χ4v) is 4.42. The smallest absolute Gasteiger partial charge is 0.303 e. The van der Waals surface area contributed by atoms with Crippen LogP contribution in [0.25, 0.3) is 0 Å². The molecule has 0 heterocycles. The van der Waals surface area contributed by atoms with Crippen molar-refractivity contribution < 1.29 is 14.3 Å². The molecule has 2 aliphatic rings. The number of carbonyl (C=O) groups is 1. The van der Waals surface area contributed by atoms with E-state index >= 15 is 0 Å². The summed E-state index contributed by atoms with van der Waals surface area (Å²) in [5.41, 5.74) is 2.25. The zero-order valence-corrected chi connectivity index (χ0v) is 11.7. The Morgan fingerprint density at radius 3 is 2.75 bits per heavy atom. The lowest BCUT2D eigenvalue weighted by atomic mass is 9.56. The maximum Gasteiger partial charge on any atom is 0.303 e. The van der Waals surface area contributed by atoms with Crippen LogP contribution in [0.15, 0.2) is 18.2 Å². The molecule has 2 aliphatic carbocycles. The number of benzene rings is 1. The van der Waals surface area contributed by atoms with Gasteiger partial charge in [-0.25, -0.2) is 4.39 Å². The summed E-state index contributed by atoms with van der Waals surface area (Å²) in [6.07, 6.45) is 7.53. The molecule has 0 aromatic heterocycles. The summed E-state index contributed by atoms with van der Waals surface area (Å²) in [4.78, 5) is 11.2. The van der Waals surface area contributed by atoms with Crippen molar-refractivity contribution in [3.05, 3.63) is 35.1 Å². The summed E-state index contributed by atoms with van der Waals surface area (Å²) in [5.74, 6) is -0.751. The Kier molecular flexibility index (Phi) is 3.53. The summed E-state index contributed by atoms with van der Waals surface area (Å²) in [6.45, 7) is 0. The van der Waals surface area contributed by atoms with Crippen molar-refractivity contribution in [2.24, 2.45) is 5.92 Å². The van der Waals surface area contributed by atoms with E-state index in [-0.39, 0.29) is 23.6 Å². The molecule has 1 atom stereocenters. The highest BCUT2D eigenvalue weighted by Gasteiger charge is 2.45. The Labute approximate surface area is 119 Å². The predicted octanol–water partition coefficient (Wildman–Crippen LogP) is 4.06. The minimum atomic E-state index is -0.722. The van der Waals surface area contributed by atoms with Gasteiger partial charge in [-0.2, -0.15) is 0 Å². The summed E-state index contributed by atoms with van der Waals surface area (Å²) >= 11 is 0. The largest absolute Gasteiger partial charge is 0.481 e. The van der Waals surface area contributed by atoms with Gasteiger partial charge in [-0.1, -0.05) is 25.3 Å². The number of carboxylic acids is 1. The number of halogens is 1. The Balaban J connectivity index is 2.06. The van der Waals surface area contributed by atoms with E-state index in [1.165, 1.54) is 18.1 Å². The Morgan fingerprint density at radius 2 is 2.05 bits per heavy atom. The molecular weight excluding hydrogens is 255 g/mol. The van der Waals surface area contributed by atoms with E-state index in [1.54, 1.807) is 6.07 Å². The molecule has 1 saturated carbocycles. The summed E-state index contributed by atoms with van der Waals surface area (Å²) in [6, 6.07) is 5.11. The van der Waals surface area contributed by atoms with E-state index in [0.717, 1.165) is 44.1 Å². The third-order valence-corrected chi connectivity index (χ3v) is 5.32. The second-order valence-electron chi connectivity index (χ2n) is 6.35. The first-order valence-corrected chi connectivity index (χ1v) is 7.62. The van der Waals surface area contributed by atoms with E-state index in [9.17, 15) is 14.3 Å². The van der Waals surface area contributed by atoms with Crippen molar-refractivity contribution >= 4 is 5.97 Å². The van der Waals surface area contributed by atoms with Gasteiger partial charge in [0.1, 0.15) is 5.82 Å². The molecule has 0 aliphatic heterocycles. The Morgan fingerprint density at radius 1 is 1.30 bits per heavy atom. The Hall–Kier alpha value is -1.38. The molecule has 20 heavy (non-hydrogen) atoms. The topological polar surface area (TPSA) is 37.3 Å². The second-order valence-corrected chi connectivity index (χ2v) is 6.35. The highest BCUT2D eigenvalue weighted by Crippen LogP contribution is 2.52. The van der Waals surface area contributed by atoms with Crippen LogP contribution in [-0.4, -0.2) is 11.1 Å². The van der Waals surface area contributed by atoms with Gasteiger partial charge in [0.25, 0.3) is 0 Å². The third kappa shape index (κ3) is 2.23. The number of carboxylic acid groups (broad SMARTS) is 1. The molecule has 0 amide bonds. The first-order valence-electron chi connectivity index (χ1n) is 7.62. The lowest BCUT2D eigenvalue weighted by Crippen LogP contribution is -2.42. The standard InChI is InChI=1S/C17H21FO2/c18-14-7-5-12-4-6-13(10-16(19)20)17(15(12)11-14)8-2-1-3-9-17/h5,7,11,13H,1-4,6,8-10H2,(H,19,20). The molecule has 1 aromatic rings. The van der Waals surface area contributed by atoms with Crippen LogP contribution < -0.4 is 0 Å². The zero-order chi connectivity index (χ0) is 14.2. The molecule has 1 unspecified atom stereocenters. The van der Waals surface area contributed by atoms with Crippen LogP contribution in [0.4, 0.5) is 4.39 Å². The molecule has 1 spiro atoms. The van der Waals surface area contributed by atoms with Crippen molar-refractivity contribution in [3.63, 3.8) is 0 Å². The highest BCUT2D eigenvalue weighted by atomic mass is 19.1. The first-order chi connectivity index (χ1) is 9.62. The zero-order valence-electron chi connectivity index (χ0n) is 11.7. The maximum absolute atomic E-state index is 13.7. The molecule has 3 rings (SSSR count). The number of fused-ring (bicyclic) bond motifs is 2. The lowest BCUT2D eigenvalue weighted by molar-refractivity contribution is -0.139. The number of aliphatic carboxylic acids is 1. The van der Waals surface area contributed by atoms with E-state index < -0.39 is 5.97 Å². The average Bonchev–Trinajstić information content (AvgIpc) is 2.44. The fourth-order valence-electron chi connectivity index (χ4n) is 4.42. The molecule has 0 saturated heterocycles. The third-order valence-electron chi connectivity index (χ3n) is 5.32. The molecule has 1 N–H and O–H groups in total. The molecule has 1 fully saturated rings. The predicted molar refractivity (Wildman–Crippen MR) is 75.2 cm³/mol. The van der Waals surface area contributed by atoms with Gasteiger partial charge < -0.3 is 5.11 Å². The molecule has 0 bridgehead atoms. The van der Waals surface area contributed by atoms with Crippen molar-refractivity contribution in [1.82, 2.24) is 0 Å². The normalized spacial score (nSPS) is 24.4. The number of hydrogen-bond acceptors (Lipinski definition) is 1. The molecule has 2 nitrogen and oxygen atoms in total. The molecule has 3 heteroatoms. The van der Waals surface area contributed by atoms with Crippen LogP contribution in [-0.2, 0) is 16.6 Å². The van der Waals surface area contributed by atoms with Crippen molar-refractivity contribution in [1.29, 1.82) is 0 Å². The van der Waals surface area contributed by atoms with Crippen molar-refractivity contribution in [2.45, 2.75) is 56.8 Å². The first kappa shape index (κ1) is 13.6. The van der Waals surface area contributed by atoms with Crippen LogP contribution >= 0.6 is 0 Å². The van der Waals surface area contributed by atoms with Gasteiger partial charge in [0.05, 0.1) is 0 Å². The lowest BCUT2D eigenvalue weighted by Gasteiger charge is -2.48. The average molecular weight is 276 g/mol. The van der Waals surface area contributed by atoms with Gasteiger partial charge >= 0.3 is 5.97 Å². The van der Waals surface area contributed by atoms with E-state index in [4.69, 9.17) is 0 Å². The van der Waals surface area contributed by atoms with Crippen LogP contribution in [0.3, 0.4) is 0 Å². The van der Waals surface area contributed by atoms with Gasteiger partial charge in [0.15, 0.2) is 0 Å². The molecule has 0 radical (unpaired) electrons. The van der Waals surface area contributed by atoms with E-state index in [0.29, 0.717) is 0 Å². The van der Waals surface area contributed by atoms with E-state index in [1.807, 2.05) is 6.07 Å². The number of hydrogen-bond donors (Lipinski definition) is 1. The van der Waals surface area contributed by atoms with Gasteiger partial charge in [-0.05, 0) is 60.3 Å². The second kappa shape index (κ2) is 5.19. The summed E-state index contributed by atoms with van der Waals surface area (Å²) < 4.78 is 13.7.